The first kappa shape index (κ1) is 18.7. The lowest BCUT2D eigenvalue weighted by Gasteiger charge is -2.23. The molecule has 0 spiro atoms. The number of para-hydroxylation sites is 1. The highest BCUT2D eigenvalue weighted by Gasteiger charge is 2.34. The second-order valence-corrected chi connectivity index (χ2v) is 7.71. The first-order valence-electron chi connectivity index (χ1n) is 8.75. The molecular weight excluding hydrogens is 391 g/mol. The van der Waals surface area contributed by atoms with E-state index in [1.54, 1.807) is 4.90 Å². The second-order valence-electron chi connectivity index (χ2n) is 6.65. The molecule has 1 unspecified atom stereocenters. The fourth-order valence-corrected chi connectivity index (χ4v) is 4.53. The van der Waals surface area contributed by atoms with Crippen LogP contribution in [0, 0.1) is 0 Å². The lowest BCUT2D eigenvalue weighted by molar-refractivity contribution is -0.139. The number of thiazole rings is 1. The van der Waals surface area contributed by atoms with Crippen LogP contribution in [0.4, 0.5) is 13.2 Å². The topological polar surface area (TPSA) is 55.2 Å². The Bertz CT molecular complexity index is 1060. The normalized spacial score (nSPS) is 17.4. The highest BCUT2D eigenvalue weighted by atomic mass is 32.1. The van der Waals surface area contributed by atoms with Crippen molar-refractivity contribution in [1.29, 1.82) is 0 Å². The minimum Gasteiger partial charge on any atom is -0.332 e. The van der Waals surface area contributed by atoms with Gasteiger partial charge in [0.15, 0.2) is 0 Å². The number of nitrogens with zero attached hydrogens (tertiary/aromatic N) is 3. The van der Waals surface area contributed by atoms with Gasteiger partial charge in [0.2, 0.25) is 5.91 Å². The van der Waals surface area contributed by atoms with Crippen LogP contribution < -0.4 is 5.56 Å². The van der Waals surface area contributed by atoms with Crippen LogP contribution in [-0.4, -0.2) is 26.9 Å². The zero-order valence-corrected chi connectivity index (χ0v) is 15.5. The summed E-state index contributed by atoms with van der Waals surface area (Å²) in [6, 6.07) is 9.02. The van der Waals surface area contributed by atoms with Crippen LogP contribution in [0.25, 0.3) is 10.2 Å². The summed E-state index contributed by atoms with van der Waals surface area (Å²) in [6.07, 6.45) is -2.36. The Morgan fingerprint density at radius 2 is 2.00 bits per heavy atom. The molecule has 1 aliphatic heterocycles. The van der Waals surface area contributed by atoms with Gasteiger partial charge in [0.1, 0.15) is 11.6 Å². The maximum Gasteiger partial charge on any atom is 0.417 e. The van der Waals surface area contributed by atoms with E-state index >= 15 is 0 Å². The average molecular weight is 407 g/mol. The van der Waals surface area contributed by atoms with Gasteiger partial charge in [-0.25, -0.2) is 4.98 Å². The van der Waals surface area contributed by atoms with Crippen molar-refractivity contribution in [2.24, 2.45) is 0 Å². The van der Waals surface area contributed by atoms with Crippen LogP contribution in [0.3, 0.4) is 0 Å². The molecule has 146 valence electrons. The van der Waals surface area contributed by atoms with Gasteiger partial charge in [-0.05, 0) is 31.0 Å². The first-order valence-corrected chi connectivity index (χ1v) is 9.57. The number of halogens is 3. The zero-order chi connectivity index (χ0) is 19.9. The van der Waals surface area contributed by atoms with Gasteiger partial charge in [-0.15, -0.1) is 11.3 Å². The lowest BCUT2D eigenvalue weighted by Crippen LogP contribution is -2.36. The van der Waals surface area contributed by atoms with Crippen molar-refractivity contribution in [2.75, 3.05) is 6.54 Å². The summed E-state index contributed by atoms with van der Waals surface area (Å²) in [5.41, 5.74) is -0.739. The third-order valence-electron chi connectivity index (χ3n) is 4.79. The Labute approximate surface area is 162 Å². The van der Waals surface area contributed by atoms with E-state index in [1.165, 1.54) is 11.3 Å². The maximum absolute atomic E-state index is 12.9. The third-order valence-corrected chi connectivity index (χ3v) is 5.92. The predicted octanol–water partition coefficient (Wildman–Crippen LogP) is 3.84. The number of aromatic nitrogens is 2. The molecule has 28 heavy (non-hydrogen) atoms. The van der Waals surface area contributed by atoms with Crippen molar-refractivity contribution in [1.82, 2.24) is 14.5 Å². The molecule has 0 radical (unpaired) electrons. The van der Waals surface area contributed by atoms with Gasteiger partial charge in [0.05, 0.1) is 21.8 Å². The van der Waals surface area contributed by atoms with E-state index in [-0.39, 0.29) is 11.9 Å². The van der Waals surface area contributed by atoms with Crippen molar-refractivity contribution in [3.05, 3.63) is 63.5 Å². The summed E-state index contributed by atoms with van der Waals surface area (Å²) < 4.78 is 40.6. The fraction of sp³-hybridized carbons (Fsp3) is 0.316. The number of fused-ring (bicyclic) bond motifs is 1. The number of alkyl halides is 3. The summed E-state index contributed by atoms with van der Waals surface area (Å²) in [5, 5.41) is 0.809. The molecule has 1 saturated heterocycles. The minimum absolute atomic E-state index is 0.216. The molecule has 0 N–H and O–H groups in total. The monoisotopic (exact) mass is 407 g/mol. The Hall–Kier alpha value is -2.68. The zero-order valence-electron chi connectivity index (χ0n) is 14.6. The molecule has 0 bridgehead atoms. The van der Waals surface area contributed by atoms with E-state index in [9.17, 15) is 22.8 Å². The summed E-state index contributed by atoms with van der Waals surface area (Å²) >= 11 is 1.51. The third kappa shape index (κ3) is 3.54. The van der Waals surface area contributed by atoms with E-state index in [2.05, 4.69) is 4.98 Å². The van der Waals surface area contributed by atoms with Gasteiger partial charge >= 0.3 is 6.18 Å². The molecule has 9 heteroatoms. The molecule has 1 amide bonds. The number of carbonyl (C=O) groups excluding carboxylic acids is 1. The number of pyridine rings is 1. The highest BCUT2D eigenvalue weighted by Crippen LogP contribution is 2.36. The number of likely N-dealkylation sites (tertiary alicyclic amines) is 1. The number of hydrogen-bond acceptors (Lipinski definition) is 4. The summed E-state index contributed by atoms with van der Waals surface area (Å²) in [7, 11) is 0. The Balaban J connectivity index is 1.58. The van der Waals surface area contributed by atoms with Crippen LogP contribution in [0.2, 0.25) is 0 Å². The largest absolute Gasteiger partial charge is 0.417 e. The van der Waals surface area contributed by atoms with Crippen LogP contribution in [-0.2, 0) is 17.5 Å². The fourth-order valence-electron chi connectivity index (χ4n) is 3.41. The summed E-state index contributed by atoms with van der Waals surface area (Å²) in [6.45, 7) is 0.0668. The quantitative estimate of drug-likeness (QED) is 0.663. The van der Waals surface area contributed by atoms with Crippen molar-refractivity contribution in [3.8, 4) is 0 Å². The molecule has 4 rings (SSSR count). The number of amides is 1. The smallest absolute Gasteiger partial charge is 0.332 e. The van der Waals surface area contributed by atoms with E-state index in [0.717, 1.165) is 44.8 Å². The van der Waals surface area contributed by atoms with Crippen LogP contribution in [0.5, 0.6) is 0 Å². The highest BCUT2D eigenvalue weighted by molar-refractivity contribution is 7.18. The SMILES string of the molecule is O=C(Cn1cc(C(F)(F)F)ccc1=O)N1CCCC1c1nc2ccccc2s1. The molecule has 0 saturated carbocycles. The average Bonchev–Trinajstić information content (AvgIpc) is 3.28. The molecule has 1 aromatic carbocycles. The van der Waals surface area contributed by atoms with E-state index in [4.69, 9.17) is 0 Å². The van der Waals surface area contributed by atoms with Crippen LogP contribution in [0.1, 0.15) is 29.5 Å². The number of rotatable bonds is 3. The van der Waals surface area contributed by atoms with E-state index in [0.29, 0.717) is 12.7 Å². The molecule has 3 aromatic rings. The molecule has 1 atom stereocenters. The standard InChI is InChI=1S/C19H16F3N3O2S/c20-19(21,22)12-7-8-16(26)24(10-12)11-17(27)25-9-3-5-14(25)18-23-13-4-1-2-6-15(13)28-18/h1-2,4,6-8,10,14H,3,5,9,11H2. The van der Waals surface area contributed by atoms with Gasteiger partial charge in [-0.3, -0.25) is 9.59 Å². The summed E-state index contributed by atoms with van der Waals surface area (Å²) in [4.78, 5) is 30.9. The van der Waals surface area contributed by atoms with Crippen LogP contribution >= 0.6 is 11.3 Å². The number of hydrogen-bond donors (Lipinski definition) is 0. The van der Waals surface area contributed by atoms with Gasteiger partial charge in [0, 0.05) is 18.8 Å². The molecule has 0 aliphatic carbocycles. The van der Waals surface area contributed by atoms with Crippen LogP contribution in [0.15, 0.2) is 47.4 Å². The molecule has 2 aromatic heterocycles. The minimum atomic E-state index is -4.57. The van der Waals surface area contributed by atoms with Crippen molar-refractivity contribution in [2.45, 2.75) is 31.6 Å². The predicted molar refractivity (Wildman–Crippen MR) is 99.0 cm³/mol. The van der Waals surface area contributed by atoms with E-state index in [1.807, 2.05) is 24.3 Å². The van der Waals surface area contributed by atoms with Gasteiger partial charge < -0.3 is 9.47 Å². The first-order chi connectivity index (χ1) is 13.3. The second kappa shape index (κ2) is 7.05. The molecule has 5 nitrogen and oxygen atoms in total. The molecule has 1 aliphatic rings. The maximum atomic E-state index is 12.9. The van der Waals surface area contributed by atoms with Gasteiger partial charge in [0.25, 0.3) is 5.56 Å². The molecule has 1 fully saturated rings. The Kier molecular flexibility index (Phi) is 4.70. The summed E-state index contributed by atoms with van der Waals surface area (Å²) in [5.74, 6) is -0.386. The van der Waals surface area contributed by atoms with Crippen molar-refractivity contribution in [3.63, 3.8) is 0 Å². The van der Waals surface area contributed by atoms with Crippen molar-refractivity contribution < 1.29 is 18.0 Å². The molecule has 3 heterocycles. The van der Waals surface area contributed by atoms with Crippen molar-refractivity contribution >= 4 is 27.5 Å². The van der Waals surface area contributed by atoms with Gasteiger partial charge in [-0.2, -0.15) is 13.2 Å². The Morgan fingerprint density at radius 1 is 1.21 bits per heavy atom. The lowest BCUT2D eigenvalue weighted by atomic mass is 10.2. The Morgan fingerprint density at radius 3 is 2.75 bits per heavy atom. The number of carbonyl (C=O) groups is 1. The van der Waals surface area contributed by atoms with Gasteiger partial charge in [-0.1, -0.05) is 12.1 Å². The molecular formula is C19H16F3N3O2S. The van der Waals surface area contributed by atoms with E-state index < -0.39 is 23.8 Å². The number of benzene rings is 1.